The van der Waals surface area contributed by atoms with Gasteiger partial charge in [0, 0.05) is 5.92 Å². The third kappa shape index (κ3) is 1.41. The monoisotopic (exact) mass is 288 g/mol. The molecule has 4 nitrogen and oxygen atoms in total. The topological polar surface area (TPSA) is 63.6 Å². The van der Waals surface area contributed by atoms with Gasteiger partial charge < -0.3 is 9.84 Å². The first kappa shape index (κ1) is 11.6. The molecule has 0 aromatic heterocycles. The van der Waals surface area contributed by atoms with Gasteiger partial charge in [0.25, 0.3) is 0 Å². The second-order valence-electron chi connectivity index (χ2n) is 4.20. The van der Waals surface area contributed by atoms with Crippen LogP contribution in [0.4, 0.5) is 0 Å². The molecule has 1 N–H and O–H groups in total. The van der Waals surface area contributed by atoms with Crippen LogP contribution in [0.5, 0.6) is 0 Å². The normalized spacial score (nSPS) is 40.0. The second kappa shape index (κ2) is 3.87. The first-order chi connectivity index (χ1) is 7.51. The van der Waals surface area contributed by atoms with Crippen molar-refractivity contribution >= 4 is 27.9 Å². The average molecular weight is 289 g/mol. The number of fused-ring (bicyclic) bond motifs is 2. The summed E-state index contributed by atoms with van der Waals surface area (Å²) >= 11 is 3.33. The third-order valence-corrected chi connectivity index (χ3v) is 4.80. The number of carboxylic acids is 1. The van der Waals surface area contributed by atoms with Crippen LogP contribution in [0.1, 0.15) is 13.3 Å². The molecule has 2 aliphatic carbocycles. The Kier molecular flexibility index (Phi) is 2.82. The van der Waals surface area contributed by atoms with Gasteiger partial charge in [-0.2, -0.15) is 0 Å². The van der Waals surface area contributed by atoms with E-state index in [2.05, 4.69) is 15.9 Å². The molecule has 0 aliphatic heterocycles. The predicted octanol–water partition coefficient (Wildman–Crippen LogP) is 1.59. The molecule has 0 spiro atoms. The Morgan fingerprint density at radius 3 is 2.81 bits per heavy atom. The molecule has 88 valence electrons. The van der Waals surface area contributed by atoms with E-state index in [1.165, 1.54) is 0 Å². The van der Waals surface area contributed by atoms with E-state index < -0.39 is 22.2 Å². The quantitative estimate of drug-likeness (QED) is 0.487. The lowest BCUT2D eigenvalue weighted by molar-refractivity contribution is -0.155. The van der Waals surface area contributed by atoms with Crippen molar-refractivity contribution in [3.8, 4) is 0 Å². The lowest BCUT2D eigenvalue weighted by Gasteiger charge is -2.31. The Hall–Kier alpha value is -0.840. The van der Waals surface area contributed by atoms with Crippen LogP contribution < -0.4 is 0 Å². The Morgan fingerprint density at radius 1 is 1.56 bits per heavy atom. The summed E-state index contributed by atoms with van der Waals surface area (Å²) in [4.78, 5) is 23.1. The number of ether oxygens (including phenoxy) is 1. The van der Waals surface area contributed by atoms with Gasteiger partial charge >= 0.3 is 11.9 Å². The van der Waals surface area contributed by atoms with E-state index in [9.17, 15) is 14.7 Å². The Bertz CT molecular complexity index is 365. The zero-order valence-electron chi connectivity index (χ0n) is 8.85. The zero-order valence-corrected chi connectivity index (χ0v) is 10.4. The van der Waals surface area contributed by atoms with Crippen LogP contribution in [-0.2, 0) is 14.3 Å². The maximum atomic E-state index is 11.9. The minimum Gasteiger partial charge on any atom is -0.481 e. The van der Waals surface area contributed by atoms with Gasteiger partial charge in [0.15, 0.2) is 0 Å². The van der Waals surface area contributed by atoms with E-state index in [1.807, 2.05) is 12.2 Å². The van der Waals surface area contributed by atoms with E-state index in [1.54, 1.807) is 6.92 Å². The zero-order chi connectivity index (χ0) is 11.9. The summed E-state index contributed by atoms with van der Waals surface area (Å²) in [6.45, 7) is 1.98. The van der Waals surface area contributed by atoms with Gasteiger partial charge in [0.05, 0.1) is 12.5 Å². The van der Waals surface area contributed by atoms with E-state index in [4.69, 9.17) is 4.74 Å². The van der Waals surface area contributed by atoms with Gasteiger partial charge in [0.1, 0.15) is 4.32 Å². The minimum atomic E-state index is -1.08. The summed E-state index contributed by atoms with van der Waals surface area (Å²) in [5.74, 6) is -2.26. The van der Waals surface area contributed by atoms with Crippen LogP contribution in [0.2, 0.25) is 0 Å². The highest BCUT2D eigenvalue weighted by Crippen LogP contribution is 2.55. The van der Waals surface area contributed by atoms with Crippen LogP contribution in [-0.4, -0.2) is 28.0 Å². The average Bonchev–Trinajstić information content (AvgIpc) is 2.76. The molecule has 4 atom stereocenters. The highest BCUT2D eigenvalue weighted by atomic mass is 79.9. The number of carboxylic acid groups (broad SMARTS) is 1. The van der Waals surface area contributed by atoms with E-state index in [0.29, 0.717) is 6.42 Å². The van der Waals surface area contributed by atoms with E-state index in [-0.39, 0.29) is 18.4 Å². The number of allylic oxidation sites excluding steroid dienone is 2. The first-order valence-corrected chi connectivity index (χ1v) is 6.08. The maximum absolute atomic E-state index is 11.9. The molecule has 2 bridgehead atoms. The van der Waals surface area contributed by atoms with Crippen LogP contribution in [0, 0.1) is 17.8 Å². The number of carbonyl (C=O) groups is 2. The number of esters is 1. The predicted molar refractivity (Wildman–Crippen MR) is 60.2 cm³/mol. The molecule has 0 unspecified atom stereocenters. The second-order valence-corrected chi connectivity index (χ2v) is 5.51. The van der Waals surface area contributed by atoms with Crippen LogP contribution in [0.3, 0.4) is 0 Å². The maximum Gasteiger partial charge on any atom is 0.324 e. The molecule has 0 aromatic rings. The molecule has 0 radical (unpaired) electrons. The molecule has 0 aromatic carbocycles. The number of halogens is 1. The summed E-state index contributed by atoms with van der Waals surface area (Å²) < 4.78 is 3.90. The number of alkyl halides is 1. The number of hydrogen-bond acceptors (Lipinski definition) is 3. The van der Waals surface area contributed by atoms with Crippen molar-refractivity contribution in [2.75, 3.05) is 6.61 Å². The van der Waals surface area contributed by atoms with Gasteiger partial charge in [-0.25, -0.2) is 0 Å². The van der Waals surface area contributed by atoms with Crippen molar-refractivity contribution in [1.29, 1.82) is 0 Å². The molecule has 16 heavy (non-hydrogen) atoms. The van der Waals surface area contributed by atoms with Crippen LogP contribution >= 0.6 is 15.9 Å². The number of rotatable bonds is 3. The van der Waals surface area contributed by atoms with Gasteiger partial charge in [-0.05, 0) is 19.3 Å². The Morgan fingerprint density at radius 2 is 2.25 bits per heavy atom. The van der Waals surface area contributed by atoms with Crippen molar-refractivity contribution < 1.29 is 19.4 Å². The number of hydrogen-bond donors (Lipinski definition) is 1. The number of carbonyl (C=O) groups excluding carboxylic acids is 1. The van der Waals surface area contributed by atoms with Crippen LogP contribution in [0.25, 0.3) is 0 Å². The fraction of sp³-hybridized carbons (Fsp3) is 0.636. The lowest BCUT2D eigenvalue weighted by atomic mass is 9.83. The summed E-state index contributed by atoms with van der Waals surface area (Å²) in [6, 6.07) is 0. The lowest BCUT2D eigenvalue weighted by Crippen LogP contribution is -2.47. The largest absolute Gasteiger partial charge is 0.481 e. The smallest absolute Gasteiger partial charge is 0.324 e. The fourth-order valence-electron chi connectivity index (χ4n) is 2.71. The van der Waals surface area contributed by atoms with Crippen molar-refractivity contribution in [3.05, 3.63) is 12.2 Å². The summed E-state index contributed by atoms with van der Waals surface area (Å²) in [5.41, 5.74) is 0. The molecule has 0 heterocycles. The molecule has 1 saturated carbocycles. The summed E-state index contributed by atoms with van der Waals surface area (Å²) in [5, 5.41) is 9.22. The SMILES string of the molecule is CCOC(=O)[C@@]1(Br)[C@@H]2C=C[C@@H](C2)[C@@H]1C(=O)O. The van der Waals surface area contributed by atoms with Crippen molar-refractivity contribution in [3.63, 3.8) is 0 Å². The standard InChI is InChI=1S/C11H13BrO4/c1-2-16-10(15)11(12)7-4-3-6(5-7)8(11)9(13)14/h3-4,6-8H,2,5H2,1H3,(H,13,14)/t6-,7+,8+,11+/m0/s1. The van der Waals surface area contributed by atoms with Gasteiger partial charge in [-0.15, -0.1) is 0 Å². The Balaban J connectivity index is 2.34. The van der Waals surface area contributed by atoms with Crippen molar-refractivity contribution in [1.82, 2.24) is 0 Å². The Labute approximate surface area is 102 Å². The van der Waals surface area contributed by atoms with Crippen molar-refractivity contribution in [2.24, 2.45) is 17.8 Å². The summed E-state index contributed by atoms with van der Waals surface area (Å²) in [6.07, 6.45) is 4.51. The van der Waals surface area contributed by atoms with Gasteiger partial charge in [0.2, 0.25) is 0 Å². The molecule has 2 rings (SSSR count). The van der Waals surface area contributed by atoms with Gasteiger partial charge in [-0.3, -0.25) is 9.59 Å². The van der Waals surface area contributed by atoms with E-state index >= 15 is 0 Å². The molecule has 0 amide bonds. The molecular weight excluding hydrogens is 276 g/mol. The van der Waals surface area contributed by atoms with E-state index in [0.717, 1.165) is 0 Å². The fourth-order valence-corrected chi connectivity index (χ4v) is 3.70. The molecule has 1 fully saturated rings. The molecule has 0 saturated heterocycles. The van der Waals surface area contributed by atoms with Crippen LogP contribution in [0.15, 0.2) is 12.2 Å². The molecular formula is C11H13BrO4. The van der Waals surface area contributed by atoms with Crippen molar-refractivity contribution in [2.45, 2.75) is 17.7 Å². The number of aliphatic carboxylic acids is 1. The highest BCUT2D eigenvalue weighted by molar-refractivity contribution is 9.10. The molecule has 5 heteroatoms. The molecule has 2 aliphatic rings. The first-order valence-electron chi connectivity index (χ1n) is 5.29. The minimum absolute atomic E-state index is 0.0636. The van der Waals surface area contributed by atoms with Gasteiger partial charge in [-0.1, -0.05) is 28.1 Å². The third-order valence-electron chi connectivity index (χ3n) is 3.39. The summed E-state index contributed by atoms with van der Waals surface area (Å²) in [7, 11) is 0. The highest BCUT2D eigenvalue weighted by Gasteiger charge is 2.63.